The minimum atomic E-state index is -3.25. The molecule has 0 aliphatic carbocycles. The van der Waals surface area contributed by atoms with Crippen LogP contribution < -0.4 is 14.8 Å². The van der Waals surface area contributed by atoms with Gasteiger partial charge in [0.25, 0.3) is 0 Å². The van der Waals surface area contributed by atoms with Crippen LogP contribution in [0.4, 0.5) is 70.2 Å². The Hall–Kier alpha value is -4.84. The fourth-order valence-electron chi connectivity index (χ4n) is 4.23. The first-order chi connectivity index (χ1) is 21.0. The number of fused-ring (bicyclic) bond motifs is 2. The van der Waals surface area contributed by atoms with E-state index in [2.05, 4.69) is 4.65 Å². The number of hydrogen-bond donors (Lipinski definition) is 0. The third kappa shape index (κ3) is 4.62. The zero-order valence-corrected chi connectivity index (χ0v) is 20.7. The highest BCUT2D eigenvalue weighted by Gasteiger charge is 2.39. The molecule has 0 N–H and O–H groups in total. The second-order valence-electron chi connectivity index (χ2n) is 8.79. The van der Waals surface area contributed by atoms with E-state index < -0.39 is 139 Å². The second-order valence-corrected chi connectivity index (χ2v) is 8.79. The topological polar surface area (TPSA) is 18.5 Å². The zero-order valence-electron chi connectivity index (χ0n) is 20.7. The van der Waals surface area contributed by atoms with Crippen molar-refractivity contribution in [3.05, 3.63) is 111 Å². The molecule has 0 aliphatic rings. The van der Waals surface area contributed by atoms with E-state index in [1.165, 1.54) is 0 Å². The molecule has 0 unspecified atom stereocenters. The summed E-state index contributed by atoms with van der Waals surface area (Å²) in [4.78, 5) is 0. The van der Waals surface area contributed by atoms with Gasteiger partial charge in [-0.15, -0.1) is 0 Å². The summed E-state index contributed by atoms with van der Waals surface area (Å²) in [7, 11) is -3.25. The predicted molar refractivity (Wildman–Crippen MR) is 120 cm³/mol. The average molecular weight is 662 g/mol. The molecule has 0 spiro atoms. The highest BCUT2D eigenvalue weighted by atomic mass is 19.2. The molecule has 0 saturated heterocycles. The molecule has 0 saturated carbocycles. The molecule has 45 heavy (non-hydrogen) atoms. The monoisotopic (exact) mass is 662 g/mol. The predicted octanol–water partition coefficient (Wildman–Crippen LogP) is 8.07. The summed E-state index contributed by atoms with van der Waals surface area (Å²) in [5.41, 5.74) is -1.27. The SMILES string of the molecule is Fc1cc2c(B(Oc3c(F)c(F)c(F)c(F)c3F)Oc3c(F)c(F)c(F)c4c(F)c(F)c(F)c(F)c34)ccc(F)c2c(F)c1F. The van der Waals surface area contributed by atoms with Crippen molar-refractivity contribution < 1.29 is 79.6 Å². The Labute approximate surface area is 237 Å². The fraction of sp³-hybridized carbons (Fsp3) is 0. The standard InChI is InChI=1S/C26H3BF16O2/c28-6-2-1-5(4-3-7(29)11(30)12(31)8(4)6)27(45-26-23(42)20(39)19(38)21(40)24(26)43)44-25-10-9(14(33)18(37)22(25)41)13(32)16(35)17(36)15(10)34/h1-3H. The van der Waals surface area contributed by atoms with Crippen LogP contribution in [-0.2, 0) is 0 Å². The first-order valence-corrected chi connectivity index (χ1v) is 11.4. The average Bonchev–Trinajstić information content (AvgIpc) is 3.01. The number of halogens is 16. The van der Waals surface area contributed by atoms with Gasteiger partial charge in [-0.3, -0.25) is 0 Å². The van der Waals surface area contributed by atoms with E-state index in [-0.39, 0.29) is 12.1 Å². The van der Waals surface area contributed by atoms with Gasteiger partial charge in [0.2, 0.25) is 34.9 Å². The first kappa shape index (κ1) is 31.6. The van der Waals surface area contributed by atoms with Crippen LogP contribution >= 0.6 is 0 Å². The van der Waals surface area contributed by atoms with Gasteiger partial charge < -0.3 is 9.31 Å². The lowest BCUT2D eigenvalue weighted by atomic mass is 9.75. The number of benzene rings is 5. The molecule has 0 atom stereocenters. The van der Waals surface area contributed by atoms with Crippen molar-refractivity contribution in [3.8, 4) is 11.5 Å². The van der Waals surface area contributed by atoms with E-state index in [1.54, 1.807) is 0 Å². The van der Waals surface area contributed by atoms with Crippen LogP contribution in [0.3, 0.4) is 0 Å². The van der Waals surface area contributed by atoms with Crippen molar-refractivity contribution in [2.75, 3.05) is 0 Å². The summed E-state index contributed by atoms with van der Waals surface area (Å²) < 4.78 is 238. The molecule has 5 aromatic carbocycles. The number of rotatable bonds is 5. The maximum Gasteiger partial charge on any atom is 0.633 e. The normalized spacial score (nSPS) is 11.6. The van der Waals surface area contributed by atoms with Crippen LogP contribution in [0.25, 0.3) is 21.5 Å². The molecular formula is C26H3BF16O2. The third-order valence-electron chi connectivity index (χ3n) is 6.29. The molecule has 0 fully saturated rings. The Balaban J connectivity index is 1.89. The van der Waals surface area contributed by atoms with Crippen LogP contribution in [0.1, 0.15) is 0 Å². The lowest BCUT2D eigenvalue weighted by molar-refractivity contribution is 0.331. The van der Waals surface area contributed by atoms with Crippen LogP contribution in [-0.4, -0.2) is 7.12 Å². The fourth-order valence-corrected chi connectivity index (χ4v) is 4.23. The minimum Gasteiger partial charge on any atom is -0.519 e. The summed E-state index contributed by atoms with van der Waals surface area (Å²) in [5.74, 6) is -46.1. The summed E-state index contributed by atoms with van der Waals surface area (Å²) in [6.45, 7) is 0. The van der Waals surface area contributed by atoms with E-state index in [4.69, 9.17) is 4.65 Å². The molecule has 19 heteroatoms. The molecule has 2 nitrogen and oxygen atoms in total. The van der Waals surface area contributed by atoms with Gasteiger partial charge in [-0.1, -0.05) is 6.07 Å². The lowest BCUT2D eigenvalue weighted by Crippen LogP contribution is -2.44. The highest BCUT2D eigenvalue weighted by molar-refractivity contribution is 6.66. The maximum atomic E-state index is 15.0. The molecule has 5 rings (SSSR count). The van der Waals surface area contributed by atoms with E-state index in [1.807, 2.05) is 0 Å². The van der Waals surface area contributed by atoms with E-state index >= 15 is 4.39 Å². The molecule has 0 heterocycles. The van der Waals surface area contributed by atoms with E-state index in [9.17, 15) is 65.9 Å². The van der Waals surface area contributed by atoms with Crippen molar-refractivity contribution in [3.63, 3.8) is 0 Å². The smallest absolute Gasteiger partial charge is 0.519 e. The van der Waals surface area contributed by atoms with Gasteiger partial charge in [0.1, 0.15) is 5.82 Å². The molecule has 234 valence electrons. The molecule has 5 aromatic rings. The lowest BCUT2D eigenvalue weighted by Gasteiger charge is -2.22. The van der Waals surface area contributed by atoms with Crippen molar-refractivity contribution in [1.82, 2.24) is 0 Å². The van der Waals surface area contributed by atoms with Gasteiger partial charge in [-0.05, 0) is 17.5 Å². The first-order valence-electron chi connectivity index (χ1n) is 11.4. The summed E-state index contributed by atoms with van der Waals surface area (Å²) in [6.07, 6.45) is 0. The van der Waals surface area contributed by atoms with Gasteiger partial charge in [0.15, 0.2) is 63.9 Å². The van der Waals surface area contributed by atoms with Crippen molar-refractivity contribution in [2.45, 2.75) is 0 Å². The second kappa shape index (κ2) is 11.0. The quantitative estimate of drug-likeness (QED) is 0.0821. The third-order valence-corrected chi connectivity index (χ3v) is 6.29. The van der Waals surface area contributed by atoms with Gasteiger partial charge in [-0.25, -0.2) is 57.1 Å². The Bertz CT molecular complexity index is 2060. The van der Waals surface area contributed by atoms with Crippen LogP contribution in [0, 0.1) is 93.1 Å². The van der Waals surface area contributed by atoms with Crippen molar-refractivity contribution in [1.29, 1.82) is 0 Å². The minimum absolute atomic E-state index is 0.0561. The molecule has 0 radical (unpaired) electrons. The van der Waals surface area contributed by atoms with Crippen LogP contribution in [0.2, 0.25) is 0 Å². The highest BCUT2D eigenvalue weighted by Crippen LogP contribution is 2.40. The summed E-state index contributed by atoms with van der Waals surface area (Å²) in [5, 5.41) is -7.10. The Morgan fingerprint density at radius 1 is 0.356 bits per heavy atom. The summed E-state index contributed by atoms with van der Waals surface area (Å²) >= 11 is 0. The van der Waals surface area contributed by atoms with Gasteiger partial charge in [0.05, 0.1) is 16.2 Å². The molecule has 0 bridgehead atoms. The molecule has 0 aliphatic heterocycles. The zero-order chi connectivity index (χ0) is 33.4. The van der Waals surface area contributed by atoms with Gasteiger partial charge in [0, 0.05) is 5.46 Å². The van der Waals surface area contributed by atoms with Crippen molar-refractivity contribution in [2.24, 2.45) is 0 Å². The number of hydrogen-bond acceptors (Lipinski definition) is 2. The molecule has 0 amide bonds. The van der Waals surface area contributed by atoms with Crippen LogP contribution in [0.15, 0.2) is 18.2 Å². The Kier molecular flexibility index (Phi) is 7.69. The molecule has 0 aromatic heterocycles. The summed E-state index contributed by atoms with van der Waals surface area (Å²) in [6, 6.07) is 0.410. The largest absolute Gasteiger partial charge is 0.633 e. The van der Waals surface area contributed by atoms with Crippen molar-refractivity contribution >= 4 is 34.1 Å². The van der Waals surface area contributed by atoms with Crippen LogP contribution in [0.5, 0.6) is 11.5 Å². The molecular weight excluding hydrogens is 659 g/mol. The van der Waals surface area contributed by atoms with Gasteiger partial charge in [-0.2, -0.15) is 13.2 Å². The van der Waals surface area contributed by atoms with E-state index in [0.717, 1.165) is 0 Å². The Morgan fingerprint density at radius 3 is 1.31 bits per heavy atom. The Morgan fingerprint density at radius 2 is 0.756 bits per heavy atom. The van der Waals surface area contributed by atoms with Gasteiger partial charge >= 0.3 is 7.12 Å². The maximum absolute atomic E-state index is 15.0. The van der Waals surface area contributed by atoms with E-state index in [0.29, 0.717) is 6.07 Å².